The van der Waals surface area contributed by atoms with Gasteiger partial charge in [0.05, 0.1) is 12.1 Å². The van der Waals surface area contributed by atoms with Crippen LogP contribution in [0.5, 0.6) is 0 Å². The summed E-state index contributed by atoms with van der Waals surface area (Å²) in [5, 5.41) is 0. The van der Waals surface area contributed by atoms with Crippen molar-refractivity contribution >= 4 is 28.5 Å². The lowest BCUT2D eigenvalue weighted by molar-refractivity contribution is 0.0120. The highest BCUT2D eigenvalue weighted by molar-refractivity contribution is 14.1. The van der Waals surface area contributed by atoms with Crippen LogP contribution in [-0.4, -0.2) is 29.8 Å². The Labute approximate surface area is 106 Å². The molecule has 2 rings (SSSR count). The normalized spacial score (nSPS) is 18.8. The van der Waals surface area contributed by atoms with Gasteiger partial charge in [-0.1, -0.05) is 12.1 Å². The average Bonchev–Trinajstić information content (AvgIpc) is 2.59. The molecule has 0 saturated carbocycles. The molecule has 0 aromatic heterocycles. The fourth-order valence-corrected chi connectivity index (χ4v) is 2.33. The molecule has 86 valence electrons. The highest BCUT2D eigenvalue weighted by Gasteiger charge is 2.40. The predicted octanol–water partition coefficient (Wildman–Crippen LogP) is 2.77. The number of carbonyl (C=O) groups is 1. The zero-order valence-electron chi connectivity index (χ0n) is 8.42. The monoisotopic (exact) mass is 337 g/mol. The minimum absolute atomic E-state index is 0.136. The lowest BCUT2D eigenvalue weighted by atomic mass is 10.2. The van der Waals surface area contributed by atoms with Gasteiger partial charge >= 0.3 is 0 Å². The van der Waals surface area contributed by atoms with Gasteiger partial charge in [0.1, 0.15) is 0 Å². The molecule has 1 saturated heterocycles. The van der Waals surface area contributed by atoms with E-state index in [1.807, 2.05) is 28.7 Å². The van der Waals surface area contributed by atoms with Crippen molar-refractivity contribution in [3.05, 3.63) is 33.4 Å². The quantitative estimate of drug-likeness (QED) is 0.722. The van der Waals surface area contributed by atoms with Crippen LogP contribution in [0.4, 0.5) is 8.78 Å². The molecule has 1 aromatic rings. The molecule has 1 aliphatic rings. The molecule has 1 aromatic carbocycles. The van der Waals surface area contributed by atoms with Gasteiger partial charge in [-0.15, -0.1) is 0 Å². The molecule has 0 bridgehead atoms. The second-order valence-electron chi connectivity index (χ2n) is 3.81. The first kappa shape index (κ1) is 11.8. The van der Waals surface area contributed by atoms with Crippen molar-refractivity contribution in [3.63, 3.8) is 0 Å². The van der Waals surface area contributed by atoms with Crippen LogP contribution in [0.15, 0.2) is 24.3 Å². The highest BCUT2D eigenvalue weighted by atomic mass is 127. The van der Waals surface area contributed by atoms with Crippen LogP contribution < -0.4 is 0 Å². The van der Waals surface area contributed by atoms with Gasteiger partial charge in [-0.05, 0) is 34.7 Å². The third kappa shape index (κ3) is 2.34. The summed E-state index contributed by atoms with van der Waals surface area (Å²) in [6.45, 7) is -0.326. The predicted molar refractivity (Wildman–Crippen MR) is 64.6 cm³/mol. The van der Waals surface area contributed by atoms with Crippen molar-refractivity contribution in [2.75, 3.05) is 13.1 Å². The Morgan fingerprint density at radius 2 is 2.06 bits per heavy atom. The van der Waals surface area contributed by atoms with Crippen LogP contribution in [0.1, 0.15) is 16.8 Å². The second kappa shape index (κ2) is 4.27. The molecule has 1 aliphatic heterocycles. The van der Waals surface area contributed by atoms with Crippen molar-refractivity contribution in [1.82, 2.24) is 4.90 Å². The summed E-state index contributed by atoms with van der Waals surface area (Å²) in [5.41, 5.74) is 0.501. The van der Waals surface area contributed by atoms with Gasteiger partial charge in [0, 0.05) is 16.5 Å². The molecule has 0 N–H and O–H groups in total. The molecule has 2 nitrogen and oxygen atoms in total. The van der Waals surface area contributed by atoms with Crippen molar-refractivity contribution in [3.8, 4) is 0 Å². The minimum Gasteiger partial charge on any atom is -0.332 e. The van der Waals surface area contributed by atoms with Gasteiger partial charge in [0.15, 0.2) is 0 Å². The third-order valence-electron chi connectivity index (χ3n) is 2.56. The standard InChI is InChI=1S/C11H10F2INO/c12-11(13)5-6-15(7-11)10(16)8-3-1-2-4-9(8)14/h1-4H,5-7H2. The summed E-state index contributed by atoms with van der Waals surface area (Å²) in [6, 6.07) is 7.02. The summed E-state index contributed by atoms with van der Waals surface area (Å²) < 4.78 is 26.7. The van der Waals surface area contributed by atoms with Crippen LogP contribution in [0, 0.1) is 3.57 Å². The lowest BCUT2D eigenvalue weighted by Gasteiger charge is -2.16. The molecular formula is C11H10F2INO. The summed E-state index contributed by atoms with van der Waals surface area (Å²) in [4.78, 5) is 13.2. The van der Waals surface area contributed by atoms with E-state index < -0.39 is 12.5 Å². The Hall–Kier alpha value is -0.720. The molecule has 0 atom stereocenters. The van der Waals surface area contributed by atoms with Gasteiger partial charge in [0.2, 0.25) is 0 Å². The summed E-state index contributed by atoms with van der Waals surface area (Å²) in [5.74, 6) is -3.03. The van der Waals surface area contributed by atoms with E-state index >= 15 is 0 Å². The van der Waals surface area contributed by atoms with Crippen molar-refractivity contribution in [1.29, 1.82) is 0 Å². The molecule has 0 spiro atoms. The van der Waals surface area contributed by atoms with Crippen LogP contribution in [0.25, 0.3) is 0 Å². The molecule has 5 heteroatoms. The zero-order chi connectivity index (χ0) is 11.8. The van der Waals surface area contributed by atoms with E-state index in [4.69, 9.17) is 0 Å². The van der Waals surface area contributed by atoms with E-state index in [2.05, 4.69) is 0 Å². The van der Waals surface area contributed by atoms with Crippen molar-refractivity contribution in [2.24, 2.45) is 0 Å². The van der Waals surface area contributed by atoms with E-state index in [0.29, 0.717) is 5.56 Å². The SMILES string of the molecule is O=C(c1ccccc1I)N1CCC(F)(F)C1. The Morgan fingerprint density at radius 3 is 2.62 bits per heavy atom. The smallest absolute Gasteiger partial charge is 0.267 e. The van der Waals surface area contributed by atoms with E-state index in [-0.39, 0.29) is 18.9 Å². The molecule has 0 radical (unpaired) electrons. The lowest BCUT2D eigenvalue weighted by Crippen LogP contribution is -2.31. The third-order valence-corrected chi connectivity index (χ3v) is 3.50. The Bertz CT molecular complexity index is 422. The summed E-state index contributed by atoms with van der Waals surface area (Å²) in [7, 11) is 0. The average molecular weight is 337 g/mol. The molecule has 0 aliphatic carbocycles. The molecular weight excluding hydrogens is 327 g/mol. The topological polar surface area (TPSA) is 20.3 Å². The number of hydrogen-bond donors (Lipinski definition) is 0. The number of rotatable bonds is 1. The number of benzene rings is 1. The second-order valence-corrected chi connectivity index (χ2v) is 4.97. The van der Waals surface area contributed by atoms with Gasteiger partial charge in [-0.25, -0.2) is 8.78 Å². The van der Waals surface area contributed by atoms with Crippen LogP contribution in [-0.2, 0) is 0 Å². The number of nitrogens with zero attached hydrogens (tertiary/aromatic N) is 1. The maximum Gasteiger partial charge on any atom is 0.267 e. The summed E-state index contributed by atoms with van der Waals surface area (Å²) in [6.07, 6.45) is -0.234. The Kier molecular flexibility index (Phi) is 3.14. The maximum atomic E-state index is 13.0. The highest BCUT2D eigenvalue weighted by Crippen LogP contribution is 2.28. The molecule has 1 heterocycles. The van der Waals surface area contributed by atoms with Gasteiger partial charge in [-0.2, -0.15) is 0 Å². The number of likely N-dealkylation sites (tertiary alicyclic amines) is 1. The Balaban J connectivity index is 2.18. The first-order valence-corrected chi connectivity index (χ1v) is 5.99. The molecule has 16 heavy (non-hydrogen) atoms. The minimum atomic E-state index is -2.73. The van der Waals surface area contributed by atoms with Crippen molar-refractivity contribution in [2.45, 2.75) is 12.3 Å². The largest absolute Gasteiger partial charge is 0.332 e. The molecule has 1 fully saturated rings. The van der Waals surface area contributed by atoms with E-state index in [9.17, 15) is 13.6 Å². The first-order valence-electron chi connectivity index (χ1n) is 4.91. The maximum absolute atomic E-state index is 13.0. The number of alkyl halides is 2. The van der Waals surface area contributed by atoms with Gasteiger partial charge in [0.25, 0.3) is 11.8 Å². The molecule has 0 unspecified atom stereocenters. The van der Waals surface area contributed by atoms with E-state index in [1.54, 1.807) is 18.2 Å². The zero-order valence-corrected chi connectivity index (χ0v) is 10.6. The number of amides is 1. The van der Waals surface area contributed by atoms with E-state index in [0.717, 1.165) is 3.57 Å². The van der Waals surface area contributed by atoms with Crippen LogP contribution in [0.3, 0.4) is 0 Å². The van der Waals surface area contributed by atoms with Crippen LogP contribution in [0.2, 0.25) is 0 Å². The van der Waals surface area contributed by atoms with Gasteiger partial charge in [-0.3, -0.25) is 4.79 Å². The van der Waals surface area contributed by atoms with Gasteiger partial charge < -0.3 is 4.90 Å². The summed E-state index contributed by atoms with van der Waals surface area (Å²) >= 11 is 2.04. The number of halogens is 3. The van der Waals surface area contributed by atoms with Crippen molar-refractivity contribution < 1.29 is 13.6 Å². The van der Waals surface area contributed by atoms with E-state index in [1.165, 1.54) is 4.90 Å². The number of hydrogen-bond acceptors (Lipinski definition) is 1. The van der Waals surface area contributed by atoms with Crippen LogP contribution >= 0.6 is 22.6 Å². The molecule has 1 amide bonds. The fraction of sp³-hybridized carbons (Fsp3) is 0.364. The Morgan fingerprint density at radius 1 is 1.38 bits per heavy atom. The fourth-order valence-electron chi connectivity index (χ4n) is 1.71. The first-order chi connectivity index (χ1) is 7.49. The number of carbonyl (C=O) groups excluding carboxylic acids is 1.